The first-order valence-electron chi connectivity index (χ1n) is 7.05. The van der Waals surface area contributed by atoms with Crippen molar-refractivity contribution in [3.63, 3.8) is 0 Å². The number of carbonyl (C=O) groups excluding carboxylic acids is 1. The van der Waals surface area contributed by atoms with E-state index in [-0.39, 0.29) is 5.97 Å². The van der Waals surface area contributed by atoms with E-state index in [2.05, 4.69) is 0 Å². The monoisotopic (exact) mass is 316 g/mol. The maximum atomic E-state index is 11.6. The van der Waals surface area contributed by atoms with Crippen LogP contribution in [0.3, 0.4) is 0 Å². The zero-order valence-corrected chi connectivity index (χ0v) is 13.9. The summed E-state index contributed by atoms with van der Waals surface area (Å²) in [5.41, 5.74) is 3.24. The SMILES string of the molecule is COC(=O)c1ccc(-c2ccc(OC)c(OC)c2OC)c(C)c1. The van der Waals surface area contributed by atoms with E-state index in [0.29, 0.717) is 22.8 Å². The van der Waals surface area contributed by atoms with Crippen LogP contribution in [0.1, 0.15) is 15.9 Å². The van der Waals surface area contributed by atoms with E-state index in [0.717, 1.165) is 16.7 Å². The summed E-state index contributed by atoms with van der Waals surface area (Å²) in [5.74, 6) is 1.35. The van der Waals surface area contributed by atoms with Crippen LogP contribution in [0.25, 0.3) is 11.1 Å². The molecule has 0 aliphatic rings. The number of hydrogen-bond donors (Lipinski definition) is 0. The molecule has 0 heterocycles. The molecule has 0 aliphatic carbocycles. The first-order chi connectivity index (χ1) is 11.1. The van der Waals surface area contributed by atoms with Gasteiger partial charge in [0.15, 0.2) is 11.5 Å². The highest BCUT2D eigenvalue weighted by atomic mass is 16.5. The Balaban J connectivity index is 2.60. The predicted octanol–water partition coefficient (Wildman–Crippen LogP) is 3.47. The first kappa shape index (κ1) is 16.7. The topological polar surface area (TPSA) is 54.0 Å². The minimum atomic E-state index is -0.362. The Morgan fingerprint density at radius 1 is 0.826 bits per heavy atom. The van der Waals surface area contributed by atoms with Crippen LogP contribution in [0.2, 0.25) is 0 Å². The van der Waals surface area contributed by atoms with E-state index in [4.69, 9.17) is 18.9 Å². The predicted molar refractivity (Wildman–Crippen MR) is 87.6 cm³/mol. The second-order valence-electron chi connectivity index (χ2n) is 4.90. The summed E-state index contributed by atoms with van der Waals surface area (Å²) in [6.45, 7) is 1.93. The summed E-state index contributed by atoms with van der Waals surface area (Å²) in [4.78, 5) is 11.6. The van der Waals surface area contributed by atoms with E-state index in [1.54, 1.807) is 33.5 Å². The maximum Gasteiger partial charge on any atom is 0.337 e. The number of carbonyl (C=O) groups is 1. The van der Waals surface area contributed by atoms with Crippen LogP contribution in [0, 0.1) is 6.92 Å². The van der Waals surface area contributed by atoms with Gasteiger partial charge in [-0.3, -0.25) is 0 Å². The van der Waals surface area contributed by atoms with Gasteiger partial charge >= 0.3 is 5.97 Å². The van der Waals surface area contributed by atoms with Crippen LogP contribution >= 0.6 is 0 Å². The van der Waals surface area contributed by atoms with Crippen LogP contribution in [0.5, 0.6) is 17.2 Å². The van der Waals surface area contributed by atoms with Gasteiger partial charge in [0.2, 0.25) is 5.75 Å². The molecule has 0 amide bonds. The first-order valence-corrected chi connectivity index (χ1v) is 7.05. The number of aryl methyl sites for hydroxylation is 1. The smallest absolute Gasteiger partial charge is 0.337 e. The van der Waals surface area contributed by atoms with Crippen molar-refractivity contribution in [2.24, 2.45) is 0 Å². The van der Waals surface area contributed by atoms with Gasteiger partial charge in [0.05, 0.1) is 34.0 Å². The van der Waals surface area contributed by atoms with Crippen molar-refractivity contribution in [3.8, 4) is 28.4 Å². The van der Waals surface area contributed by atoms with Gasteiger partial charge in [-0.2, -0.15) is 0 Å². The number of methoxy groups -OCH3 is 4. The molecule has 23 heavy (non-hydrogen) atoms. The van der Waals surface area contributed by atoms with Crippen LogP contribution < -0.4 is 14.2 Å². The number of ether oxygens (including phenoxy) is 4. The maximum absolute atomic E-state index is 11.6. The van der Waals surface area contributed by atoms with Gasteiger partial charge in [0.25, 0.3) is 0 Å². The number of esters is 1. The zero-order chi connectivity index (χ0) is 17.0. The summed E-state index contributed by atoms with van der Waals surface area (Å²) in [7, 11) is 6.09. The Morgan fingerprint density at radius 2 is 1.48 bits per heavy atom. The van der Waals surface area contributed by atoms with Crippen molar-refractivity contribution in [1.29, 1.82) is 0 Å². The van der Waals surface area contributed by atoms with Gasteiger partial charge in [-0.15, -0.1) is 0 Å². The molecular weight excluding hydrogens is 296 g/mol. The molecule has 5 nitrogen and oxygen atoms in total. The molecule has 0 unspecified atom stereocenters. The van der Waals surface area contributed by atoms with E-state index < -0.39 is 0 Å². The van der Waals surface area contributed by atoms with Crippen molar-refractivity contribution < 1.29 is 23.7 Å². The number of benzene rings is 2. The van der Waals surface area contributed by atoms with Crippen molar-refractivity contribution in [2.75, 3.05) is 28.4 Å². The second kappa shape index (κ2) is 7.05. The minimum Gasteiger partial charge on any atom is -0.493 e. The second-order valence-corrected chi connectivity index (χ2v) is 4.90. The van der Waals surface area contributed by atoms with Crippen molar-refractivity contribution >= 4 is 5.97 Å². The summed E-state index contributed by atoms with van der Waals surface area (Å²) < 4.78 is 21.0. The molecule has 0 saturated heterocycles. The van der Waals surface area contributed by atoms with Crippen LogP contribution in [-0.2, 0) is 4.74 Å². The van der Waals surface area contributed by atoms with Crippen molar-refractivity contribution in [3.05, 3.63) is 41.5 Å². The molecule has 5 heteroatoms. The van der Waals surface area contributed by atoms with Crippen LogP contribution in [0.4, 0.5) is 0 Å². The van der Waals surface area contributed by atoms with E-state index >= 15 is 0 Å². The molecule has 0 atom stereocenters. The standard InChI is InChI=1S/C18H20O5/c1-11-10-12(18(19)23-5)6-7-13(11)14-8-9-15(20-2)17(22-4)16(14)21-3/h6-10H,1-5H3. The molecule has 0 aliphatic heterocycles. The number of rotatable bonds is 5. The lowest BCUT2D eigenvalue weighted by molar-refractivity contribution is 0.0600. The molecular formula is C18H20O5. The Bertz CT molecular complexity index is 722. The highest BCUT2D eigenvalue weighted by Gasteiger charge is 2.18. The van der Waals surface area contributed by atoms with E-state index in [9.17, 15) is 4.79 Å². The molecule has 0 N–H and O–H groups in total. The Kier molecular flexibility index (Phi) is 5.11. The Morgan fingerprint density at radius 3 is 2.00 bits per heavy atom. The van der Waals surface area contributed by atoms with Crippen molar-refractivity contribution in [1.82, 2.24) is 0 Å². The van der Waals surface area contributed by atoms with Crippen molar-refractivity contribution in [2.45, 2.75) is 6.92 Å². The summed E-state index contributed by atoms with van der Waals surface area (Å²) in [6.07, 6.45) is 0. The Hall–Kier alpha value is -2.69. The molecule has 0 saturated carbocycles. The number of hydrogen-bond acceptors (Lipinski definition) is 5. The van der Waals surface area contributed by atoms with Gasteiger partial charge in [-0.1, -0.05) is 6.07 Å². The van der Waals surface area contributed by atoms with Gasteiger partial charge in [0, 0.05) is 5.56 Å². The lowest BCUT2D eigenvalue weighted by Gasteiger charge is -2.17. The summed E-state index contributed by atoms with van der Waals surface area (Å²) in [5, 5.41) is 0. The average Bonchev–Trinajstić information content (AvgIpc) is 2.59. The van der Waals surface area contributed by atoms with Gasteiger partial charge in [-0.25, -0.2) is 4.79 Å². The lowest BCUT2D eigenvalue weighted by Crippen LogP contribution is -2.02. The molecule has 122 valence electrons. The Labute approximate surface area is 135 Å². The molecule has 0 spiro atoms. The highest BCUT2D eigenvalue weighted by Crippen LogP contribution is 2.44. The highest BCUT2D eigenvalue weighted by molar-refractivity contribution is 5.91. The normalized spacial score (nSPS) is 10.1. The minimum absolute atomic E-state index is 0.362. The quantitative estimate of drug-likeness (QED) is 0.791. The van der Waals surface area contributed by atoms with E-state index in [1.807, 2.05) is 25.1 Å². The fourth-order valence-electron chi connectivity index (χ4n) is 2.52. The zero-order valence-electron chi connectivity index (χ0n) is 13.9. The fourth-order valence-corrected chi connectivity index (χ4v) is 2.52. The summed E-state index contributed by atoms with van der Waals surface area (Å²) >= 11 is 0. The van der Waals surface area contributed by atoms with Crippen LogP contribution in [-0.4, -0.2) is 34.4 Å². The molecule has 0 aromatic heterocycles. The third-order valence-corrected chi connectivity index (χ3v) is 3.64. The molecule has 2 aromatic carbocycles. The molecule has 2 rings (SSSR count). The van der Waals surface area contributed by atoms with Gasteiger partial charge < -0.3 is 18.9 Å². The van der Waals surface area contributed by atoms with Crippen LogP contribution in [0.15, 0.2) is 30.3 Å². The van der Waals surface area contributed by atoms with Gasteiger partial charge in [0.1, 0.15) is 0 Å². The third-order valence-electron chi connectivity index (χ3n) is 3.64. The molecule has 0 bridgehead atoms. The third kappa shape index (κ3) is 3.08. The molecule has 0 radical (unpaired) electrons. The largest absolute Gasteiger partial charge is 0.493 e. The fraction of sp³-hybridized carbons (Fsp3) is 0.278. The van der Waals surface area contributed by atoms with Gasteiger partial charge in [-0.05, 0) is 42.3 Å². The lowest BCUT2D eigenvalue weighted by atomic mass is 9.97. The van der Waals surface area contributed by atoms with E-state index in [1.165, 1.54) is 7.11 Å². The molecule has 0 fully saturated rings. The summed E-state index contributed by atoms with van der Waals surface area (Å²) in [6, 6.07) is 9.11. The molecule has 2 aromatic rings. The average molecular weight is 316 g/mol.